The zero-order valence-electron chi connectivity index (χ0n) is 10.8. The lowest BCUT2D eigenvalue weighted by molar-refractivity contribution is 0.0788. The number of anilines is 1. The van der Waals surface area contributed by atoms with E-state index in [2.05, 4.69) is 5.32 Å². The van der Waals surface area contributed by atoms with Crippen molar-refractivity contribution in [2.24, 2.45) is 0 Å². The summed E-state index contributed by atoms with van der Waals surface area (Å²) in [5, 5.41) is 2.89. The van der Waals surface area contributed by atoms with Gasteiger partial charge in [-0.3, -0.25) is 4.79 Å². The number of rotatable bonds is 1. The Morgan fingerprint density at radius 1 is 1.22 bits per heavy atom. The highest BCUT2D eigenvalue weighted by molar-refractivity contribution is 7.90. The maximum Gasteiger partial charge on any atom is 0.269 e. The van der Waals surface area contributed by atoms with Crippen LogP contribution in [0, 0.1) is 0 Å². The first-order valence-electron chi connectivity index (χ1n) is 5.61. The molecule has 0 fully saturated rings. The number of sulfonamides is 1. The Morgan fingerprint density at radius 3 is 2.33 bits per heavy atom. The highest BCUT2D eigenvalue weighted by Crippen LogP contribution is 2.36. The van der Waals surface area contributed by atoms with E-state index in [1.807, 2.05) is 0 Å². The molecule has 1 amide bonds. The van der Waals surface area contributed by atoms with Gasteiger partial charge in [0.05, 0.1) is 11.1 Å². The van der Waals surface area contributed by atoms with Crippen LogP contribution in [-0.4, -0.2) is 31.2 Å². The van der Waals surface area contributed by atoms with Gasteiger partial charge in [-0.1, -0.05) is 0 Å². The van der Waals surface area contributed by atoms with Crippen LogP contribution in [0.2, 0.25) is 0 Å². The van der Waals surface area contributed by atoms with Gasteiger partial charge in [-0.25, -0.2) is 12.7 Å². The van der Waals surface area contributed by atoms with E-state index >= 15 is 0 Å². The first kappa shape index (κ1) is 12.9. The molecule has 1 N–H and O–H groups in total. The fourth-order valence-electron chi connectivity index (χ4n) is 2.06. The van der Waals surface area contributed by atoms with Crippen molar-refractivity contribution in [3.8, 4) is 0 Å². The number of hydrogen-bond donors (Lipinski definition) is 1. The monoisotopic (exact) mass is 268 g/mol. The third-order valence-electron chi connectivity index (χ3n) is 2.81. The van der Waals surface area contributed by atoms with Gasteiger partial charge in [0, 0.05) is 12.7 Å². The first-order chi connectivity index (χ1) is 8.19. The van der Waals surface area contributed by atoms with E-state index in [1.54, 1.807) is 40.0 Å². The minimum Gasteiger partial charge on any atom is -0.388 e. The molecule has 0 unspecified atom stereocenters. The van der Waals surface area contributed by atoms with E-state index in [-0.39, 0.29) is 10.5 Å². The van der Waals surface area contributed by atoms with Crippen molar-refractivity contribution in [3.63, 3.8) is 0 Å². The molecule has 0 saturated carbocycles. The first-order valence-corrected chi connectivity index (χ1v) is 7.05. The number of nitrogens with zero attached hydrogens (tertiary/aromatic N) is 1. The molecule has 0 aliphatic carbocycles. The highest BCUT2D eigenvalue weighted by Gasteiger charge is 2.46. The third kappa shape index (κ3) is 1.68. The van der Waals surface area contributed by atoms with Crippen molar-refractivity contribution in [3.05, 3.63) is 23.8 Å². The summed E-state index contributed by atoms with van der Waals surface area (Å²) in [6.07, 6.45) is 0. The minimum absolute atomic E-state index is 0.0847. The van der Waals surface area contributed by atoms with Crippen LogP contribution in [0.3, 0.4) is 0 Å². The second-order valence-electron chi connectivity index (χ2n) is 5.21. The van der Waals surface area contributed by atoms with Crippen LogP contribution in [0.15, 0.2) is 23.1 Å². The van der Waals surface area contributed by atoms with Crippen LogP contribution in [0.1, 0.15) is 31.1 Å². The van der Waals surface area contributed by atoms with Crippen molar-refractivity contribution < 1.29 is 13.2 Å². The summed E-state index contributed by atoms with van der Waals surface area (Å²) in [5.74, 6) is -0.463. The second kappa shape index (κ2) is 3.71. The molecule has 0 aromatic heterocycles. The highest BCUT2D eigenvalue weighted by atomic mass is 32.2. The molecule has 1 aliphatic rings. The summed E-state index contributed by atoms with van der Waals surface area (Å²) < 4.78 is 25.6. The van der Waals surface area contributed by atoms with Gasteiger partial charge in [0.1, 0.15) is 4.90 Å². The summed E-state index contributed by atoms with van der Waals surface area (Å²) >= 11 is 0. The van der Waals surface area contributed by atoms with Gasteiger partial charge in [-0.15, -0.1) is 0 Å². The molecule has 98 valence electrons. The number of hydrogen-bond acceptors (Lipinski definition) is 4. The molecule has 0 radical (unpaired) electrons. The standard InChI is InChI=1S/C12H16N2O3S/c1-12(2,3)14-11(15)9-7-8(13-4)5-6-10(9)18(14,16)17/h5-7,13H,1-4H3. The number of nitrogens with one attached hydrogen (secondary N) is 1. The van der Waals surface area contributed by atoms with Gasteiger partial charge >= 0.3 is 0 Å². The fourth-order valence-corrected chi connectivity index (χ4v) is 3.96. The van der Waals surface area contributed by atoms with Crippen LogP contribution in [0.4, 0.5) is 5.69 Å². The third-order valence-corrected chi connectivity index (χ3v) is 4.92. The summed E-state index contributed by atoms with van der Waals surface area (Å²) in [4.78, 5) is 12.3. The van der Waals surface area contributed by atoms with Crippen LogP contribution in [0.25, 0.3) is 0 Å². The van der Waals surface area contributed by atoms with E-state index in [9.17, 15) is 13.2 Å². The van der Waals surface area contributed by atoms with Crippen LogP contribution >= 0.6 is 0 Å². The Bertz CT molecular complexity index is 615. The Balaban J connectivity index is 2.69. The van der Waals surface area contributed by atoms with Gasteiger partial charge in [0.2, 0.25) is 0 Å². The molecule has 1 aromatic rings. The zero-order chi connectivity index (χ0) is 13.7. The molecule has 6 heteroatoms. The molecular formula is C12H16N2O3S. The Hall–Kier alpha value is -1.56. The number of carbonyl (C=O) groups is 1. The molecule has 0 atom stereocenters. The Morgan fingerprint density at radius 2 is 1.83 bits per heavy atom. The molecule has 0 saturated heterocycles. The summed E-state index contributed by atoms with van der Waals surface area (Å²) in [6, 6.07) is 4.69. The second-order valence-corrected chi connectivity index (χ2v) is 6.96. The molecule has 18 heavy (non-hydrogen) atoms. The van der Waals surface area contributed by atoms with Crippen molar-refractivity contribution in [1.82, 2.24) is 4.31 Å². The lowest BCUT2D eigenvalue weighted by Crippen LogP contribution is -2.45. The van der Waals surface area contributed by atoms with E-state index < -0.39 is 21.5 Å². The smallest absolute Gasteiger partial charge is 0.269 e. The van der Waals surface area contributed by atoms with Gasteiger partial charge in [-0.2, -0.15) is 0 Å². The van der Waals surface area contributed by atoms with Gasteiger partial charge < -0.3 is 5.32 Å². The maximum absolute atomic E-state index is 12.3. The lowest BCUT2D eigenvalue weighted by atomic mass is 10.1. The van der Waals surface area contributed by atoms with Crippen molar-refractivity contribution in [2.45, 2.75) is 31.2 Å². The fraction of sp³-hybridized carbons (Fsp3) is 0.417. The summed E-state index contributed by atoms with van der Waals surface area (Å²) in [5.41, 5.74) is 0.180. The quantitative estimate of drug-likeness (QED) is 0.841. The van der Waals surface area contributed by atoms with Gasteiger partial charge in [0.25, 0.3) is 15.9 Å². The molecule has 1 aliphatic heterocycles. The minimum atomic E-state index is -3.72. The average Bonchev–Trinajstić information content (AvgIpc) is 2.45. The van der Waals surface area contributed by atoms with Crippen molar-refractivity contribution in [2.75, 3.05) is 12.4 Å². The molecule has 2 rings (SSSR count). The summed E-state index contributed by atoms with van der Waals surface area (Å²) in [6.45, 7) is 5.11. The van der Waals surface area contributed by atoms with Crippen molar-refractivity contribution >= 4 is 21.6 Å². The van der Waals surface area contributed by atoms with E-state index in [4.69, 9.17) is 0 Å². The van der Waals surface area contributed by atoms with Crippen LogP contribution < -0.4 is 5.32 Å². The largest absolute Gasteiger partial charge is 0.388 e. The number of carbonyl (C=O) groups excluding carboxylic acids is 1. The normalized spacial score (nSPS) is 17.8. The Kier molecular flexibility index (Phi) is 2.66. The predicted octanol–water partition coefficient (Wildman–Crippen LogP) is 1.67. The molecular weight excluding hydrogens is 252 g/mol. The average molecular weight is 268 g/mol. The van der Waals surface area contributed by atoms with Crippen molar-refractivity contribution in [1.29, 1.82) is 0 Å². The molecule has 0 bridgehead atoms. The number of benzene rings is 1. The zero-order valence-corrected chi connectivity index (χ0v) is 11.6. The molecule has 1 heterocycles. The number of amides is 1. The van der Waals surface area contributed by atoms with E-state index in [1.165, 1.54) is 6.07 Å². The van der Waals surface area contributed by atoms with Gasteiger partial charge in [-0.05, 0) is 39.0 Å². The SMILES string of the molecule is CNc1ccc2c(c1)C(=O)N(C(C)(C)C)S2(=O)=O. The number of fused-ring (bicyclic) bond motifs is 1. The Labute approximate surface area is 107 Å². The van der Waals surface area contributed by atoms with Gasteiger partial charge in [0.15, 0.2) is 0 Å². The van der Waals surface area contributed by atoms with E-state index in [0.717, 1.165) is 4.31 Å². The predicted molar refractivity (Wildman–Crippen MR) is 69.1 cm³/mol. The van der Waals surface area contributed by atoms with Crippen LogP contribution in [0.5, 0.6) is 0 Å². The van der Waals surface area contributed by atoms with E-state index in [0.29, 0.717) is 5.69 Å². The maximum atomic E-state index is 12.3. The molecule has 5 nitrogen and oxygen atoms in total. The molecule has 0 spiro atoms. The van der Waals surface area contributed by atoms with Crippen LogP contribution in [-0.2, 0) is 10.0 Å². The topological polar surface area (TPSA) is 66.5 Å². The summed E-state index contributed by atoms with van der Waals surface area (Å²) in [7, 11) is -2.00. The molecule has 1 aromatic carbocycles. The lowest BCUT2D eigenvalue weighted by Gasteiger charge is -2.29.